The van der Waals surface area contributed by atoms with Crippen molar-refractivity contribution in [3.8, 4) is 0 Å². The molecule has 1 aromatic rings. The highest BCUT2D eigenvalue weighted by Gasteiger charge is 2.36. The maximum atomic E-state index is 13.4. The largest absolute Gasteiger partial charge is 0.374 e. The number of carbonyl (C=O) groups is 1. The Balaban J connectivity index is 1.49. The van der Waals surface area contributed by atoms with Crippen molar-refractivity contribution in [3.63, 3.8) is 0 Å². The zero-order chi connectivity index (χ0) is 17.4. The number of aromatic nitrogens is 2. The summed E-state index contributed by atoms with van der Waals surface area (Å²) in [5.74, 6) is 0.970. The lowest BCUT2D eigenvalue weighted by Crippen LogP contribution is -2.49. The molecule has 1 amide bonds. The summed E-state index contributed by atoms with van der Waals surface area (Å²) in [6.45, 7) is 4.29. The van der Waals surface area contributed by atoms with Gasteiger partial charge in [-0.25, -0.2) is 0 Å². The first-order valence-electron chi connectivity index (χ1n) is 9.71. The number of rotatable bonds is 5. The van der Waals surface area contributed by atoms with E-state index in [1.807, 2.05) is 11.7 Å². The molecule has 0 spiro atoms. The van der Waals surface area contributed by atoms with Crippen LogP contribution in [0.2, 0.25) is 0 Å². The molecule has 1 saturated heterocycles. The molecule has 2 atom stereocenters. The Labute approximate surface area is 150 Å². The van der Waals surface area contributed by atoms with E-state index in [1.165, 1.54) is 12.8 Å². The molecule has 0 N–H and O–H groups in total. The third-order valence-corrected chi connectivity index (χ3v) is 5.77. The van der Waals surface area contributed by atoms with Crippen molar-refractivity contribution in [1.82, 2.24) is 19.6 Å². The number of hydrogen-bond acceptors (Lipinski definition) is 4. The van der Waals surface area contributed by atoms with Crippen LogP contribution in [0.4, 0.5) is 0 Å². The average Bonchev–Trinajstić information content (AvgIpc) is 3.31. The van der Waals surface area contributed by atoms with E-state index in [1.54, 1.807) is 0 Å². The minimum atomic E-state index is -0.0162. The first-order chi connectivity index (χ1) is 12.1. The van der Waals surface area contributed by atoms with E-state index in [-0.39, 0.29) is 17.9 Å². The fraction of sp³-hybridized carbons (Fsp3) is 0.789. The number of nitrogens with zero attached hydrogens (tertiary/aromatic N) is 4. The van der Waals surface area contributed by atoms with Gasteiger partial charge in [-0.15, -0.1) is 0 Å². The van der Waals surface area contributed by atoms with Crippen LogP contribution in [-0.2, 0) is 23.0 Å². The molecule has 1 saturated carbocycles. The van der Waals surface area contributed by atoms with Crippen LogP contribution in [0.15, 0.2) is 6.20 Å². The Kier molecular flexibility index (Phi) is 4.82. The highest BCUT2D eigenvalue weighted by atomic mass is 16.5. The zero-order valence-corrected chi connectivity index (χ0v) is 15.5. The third kappa shape index (κ3) is 3.90. The third-order valence-electron chi connectivity index (χ3n) is 5.77. The predicted octanol–water partition coefficient (Wildman–Crippen LogP) is 1.41. The lowest BCUT2D eigenvalue weighted by molar-refractivity contribution is -0.136. The minimum absolute atomic E-state index is 0.0162. The normalized spacial score (nSPS) is 27.1. The van der Waals surface area contributed by atoms with Gasteiger partial charge in [0.15, 0.2) is 0 Å². The fourth-order valence-corrected chi connectivity index (χ4v) is 4.23. The van der Waals surface area contributed by atoms with E-state index < -0.39 is 0 Å². The van der Waals surface area contributed by atoms with Crippen molar-refractivity contribution in [2.45, 2.75) is 44.1 Å². The number of aryl methyl sites for hydroxylation is 2. The first kappa shape index (κ1) is 17.0. The molecule has 6 heteroatoms. The van der Waals surface area contributed by atoms with Crippen molar-refractivity contribution < 1.29 is 9.53 Å². The molecule has 1 aromatic heterocycles. The van der Waals surface area contributed by atoms with Crippen molar-refractivity contribution in [1.29, 1.82) is 0 Å². The topological polar surface area (TPSA) is 50.6 Å². The fourth-order valence-electron chi connectivity index (χ4n) is 4.23. The van der Waals surface area contributed by atoms with Gasteiger partial charge in [-0.1, -0.05) is 0 Å². The Morgan fingerprint density at radius 3 is 2.92 bits per heavy atom. The number of amides is 1. The molecule has 1 aliphatic heterocycles. The monoisotopic (exact) mass is 346 g/mol. The summed E-state index contributed by atoms with van der Waals surface area (Å²) in [6, 6.07) is 0. The van der Waals surface area contributed by atoms with Gasteiger partial charge in [-0.3, -0.25) is 9.48 Å². The molecule has 0 aromatic carbocycles. The molecule has 2 fully saturated rings. The molecule has 3 aliphatic rings. The van der Waals surface area contributed by atoms with Gasteiger partial charge in [0.25, 0.3) is 0 Å². The standard InChI is InChI=1S/C19H30N4O2/c1-21-8-9-25-15(11-21)12-23(10-14-6-7-14)19(24)16-4-3-5-18-17(16)13-22(2)20-18/h13-16H,3-12H2,1-2H3/t15-,16+/m0/s1. The molecule has 138 valence electrons. The van der Waals surface area contributed by atoms with Crippen LogP contribution in [0.1, 0.15) is 42.9 Å². The summed E-state index contributed by atoms with van der Waals surface area (Å²) in [4.78, 5) is 17.8. The van der Waals surface area contributed by atoms with Crippen LogP contribution < -0.4 is 0 Å². The predicted molar refractivity (Wildman–Crippen MR) is 95.4 cm³/mol. The average molecular weight is 346 g/mol. The van der Waals surface area contributed by atoms with Crippen LogP contribution in [-0.4, -0.2) is 71.4 Å². The van der Waals surface area contributed by atoms with Gasteiger partial charge in [0.1, 0.15) is 0 Å². The molecule has 6 nitrogen and oxygen atoms in total. The van der Waals surface area contributed by atoms with Gasteiger partial charge in [0.2, 0.25) is 5.91 Å². The number of fused-ring (bicyclic) bond motifs is 1. The van der Waals surface area contributed by atoms with E-state index in [0.717, 1.165) is 63.3 Å². The SMILES string of the molecule is CN1CCO[C@H](CN(CC2CC2)C(=O)[C@@H]2CCCc3nn(C)cc32)C1. The lowest BCUT2D eigenvalue weighted by Gasteiger charge is -2.36. The lowest BCUT2D eigenvalue weighted by atomic mass is 9.86. The molecular weight excluding hydrogens is 316 g/mol. The summed E-state index contributed by atoms with van der Waals surface area (Å²) < 4.78 is 7.80. The zero-order valence-electron chi connectivity index (χ0n) is 15.5. The highest BCUT2D eigenvalue weighted by molar-refractivity contribution is 5.84. The smallest absolute Gasteiger partial charge is 0.230 e. The molecule has 0 bridgehead atoms. The molecule has 0 radical (unpaired) electrons. The maximum absolute atomic E-state index is 13.4. The number of hydrogen-bond donors (Lipinski definition) is 0. The number of carbonyl (C=O) groups excluding carboxylic acids is 1. The molecule has 0 unspecified atom stereocenters. The molecule has 4 rings (SSSR count). The highest BCUT2D eigenvalue weighted by Crippen LogP contribution is 2.35. The summed E-state index contributed by atoms with van der Waals surface area (Å²) >= 11 is 0. The minimum Gasteiger partial charge on any atom is -0.374 e. The first-order valence-corrected chi connectivity index (χ1v) is 9.71. The van der Waals surface area contributed by atoms with Crippen LogP contribution in [0.25, 0.3) is 0 Å². The Morgan fingerprint density at radius 2 is 2.16 bits per heavy atom. The van der Waals surface area contributed by atoms with Crippen LogP contribution in [0.5, 0.6) is 0 Å². The van der Waals surface area contributed by atoms with E-state index in [9.17, 15) is 4.79 Å². The molecular formula is C19H30N4O2. The Morgan fingerprint density at radius 1 is 1.32 bits per heavy atom. The molecule has 2 heterocycles. The van der Waals surface area contributed by atoms with Gasteiger partial charge >= 0.3 is 0 Å². The van der Waals surface area contributed by atoms with Crippen LogP contribution >= 0.6 is 0 Å². The van der Waals surface area contributed by atoms with Crippen LogP contribution in [0.3, 0.4) is 0 Å². The Bertz CT molecular complexity index is 625. The van der Waals surface area contributed by atoms with Gasteiger partial charge in [-0.2, -0.15) is 5.10 Å². The van der Waals surface area contributed by atoms with E-state index >= 15 is 0 Å². The maximum Gasteiger partial charge on any atom is 0.230 e. The quantitative estimate of drug-likeness (QED) is 0.809. The van der Waals surface area contributed by atoms with Gasteiger partial charge in [0.05, 0.1) is 24.3 Å². The summed E-state index contributed by atoms with van der Waals surface area (Å²) in [7, 11) is 4.08. The number of ether oxygens (including phenoxy) is 1. The summed E-state index contributed by atoms with van der Waals surface area (Å²) in [5, 5.41) is 4.56. The second-order valence-corrected chi connectivity index (χ2v) is 8.09. The number of likely N-dealkylation sites (N-methyl/N-ethyl adjacent to an activating group) is 1. The Hall–Kier alpha value is -1.40. The van der Waals surface area contributed by atoms with Crippen molar-refractivity contribution in [3.05, 3.63) is 17.5 Å². The van der Waals surface area contributed by atoms with Crippen LogP contribution in [0, 0.1) is 5.92 Å². The van der Waals surface area contributed by atoms with E-state index in [2.05, 4.69) is 28.1 Å². The van der Waals surface area contributed by atoms with Crippen molar-refractivity contribution >= 4 is 5.91 Å². The van der Waals surface area contributed by atoms with Crippen molar-refractivity contribution in [2.24, 2.45) is 13.0 Å². The van der Waals surface area contributed by atoms with Gasteiger partial charge < -0.3 is 14.5 Å². The van der Waals surface area contributed by atoms with Crippen molar-refractivity contribution in [2.75, 3.05) is 39.8 Å². The second-order valence-electron chi connectivity index (χ2n) is 8.09. The number of morpholine rings is 1. The van der Waals surface area contributed by atoms with E-state index in [0.29, 0.717) is 5.92 Å². The summed E-state index contributed by atoms with van der Waals surface area (Å²) in [6.07, 6.45) is 7.72. The second kappa shape index (κ2) is 7.08. The van der Waals surface area contributed by atoms with Gasteiger partial charge in [-0.05, 0) is 45.1 Å². The molecule has 25 heavy (non-hydrogen) atoms. The summed E-state index contributed by atoms with van der Waals surface area (Å²) in [5.41, 5.74) is 2.27. The van der Waals surface area contributed by atoms with E-state index in [4.69, 9.17) is 4.74 Å². The van der Waals surface area contributed by atoms with Gasteiger partial charge in [0, 0.05) is 45.0 Å². The molecule has 2 aliphatic carbocycles.